The van der Waals surface area contributed by atoms with Crippen LogP contribution in [0.2, 0.25) is 5.02 Å². The predicted octanol–water partition coefficient (Wildman–Crippen LogP) is 3.61. The molecule has 0 saturated carbocycles. The van der Waals surface area contributed by atoms with E-state index in [-0.39, 0.29) is 6.04 Å². The van der Waals surface area contributed by atoms with Gasteiger partial charge in [0.25, 0.3) is 6.02 Å². The number of aliphatic imine (C=N–C) groups is 1. The van der Waals surface area contributed by atoms with Crippen LogP contribution in [0.15, 0.2) is 41.7 Å². The van der Waals surface area contributed by atoms with Crippen LogP contribution in [0.3, 0.4) is 0 Å². The average molecular weight is 330 g/mol. The third-order valence-electron chi connectivity index (χ3n) is 4.11. The molecule has 1 aliphatic heterocycles. The summed E-state index contributed by atoms with van der Waals surface area (Å²) in [6.45, 7) is 5.62. The van der Waals surface area contributed by atoms with E-state index in [1.807, 2.05) is 12.3 Å². The van der Waals surface area contributed by atoms with Crippen LogP contribution in [-0.2, 0) is 11.2 Å². The van der Waals surface area contributed by atoms with E-state index in [4.69, 9.17) is 16.3 Å². The first-order chi connectivity index (χ1) is 11.1. The lowest BCUT2D eigenvalue weighted by atomic mass is 9.93. The van der Waals surface area contributed by atoms with Crippen LogP contribution in [0.4, 0.5) is 0 Å². The van der Waals surface area contributed by atoms with Gasteiger partial charge in [0.05, 0.1) is 17.6 Å². The quantitative estimate of drug-likeness (QED) is 0.932. The Morgan fingerprint density at radius 2 is 2.17 bits per heavy atom. The van der Waals surface area contributed by atoms with Gasteiger partial charge >= 0.3 is 0 Å². The zero-order chi connectivity index (χ0) is 16.2. The first kappa shape index (κ1) is 15.8. The lowest BCUT2D eigenvalue weighted by Crippen LogP contribution is -2.30. The molecule has 0 saturated heterocycles. The Bertz CT molecular complexity index is 730. The predicted molar refractivity (Wildman–Crippen MR) is 93.0 cm³/mol. The zero-order valence-corrected chi connectivity index (χ0v) is 14.1. The molecule has 1 atom stereocenters. The molecule has 2 aromatic rings. The van der Waals surface area contributed by atoms with Gasteiger partial charge in [-0.1, -0.05) is 29.8 Å². The molecule has 1 aromatic carbocycles. The van der Waals surface area contributed by atoms with E-state index in [1.54, 1.807) is 6.20 Å². The third kappa shape index (κ3) is 3.82. The van der Waals surface area contributed by atoms with Crippen LogP contribution in [0.1, 0.15) is 28.3 Å². The van der Waals surface area contributed by atoms with E-state index in [1.165, 1.54) is 16.7 Å². The van der Waals surface area contributed by atoms with Crippen molar-refractivity contribution in [2.45, 2.75) is 26.3 Å². The molecule has 0 aliphatic carbocycles. The molecule has 3 rings (SSSR count). The number of ether oxygens (including phenoxy) is 1. The van der Waals surface area contributed by atoms with Crippen LogP contribution >= 0.6 is 11.6 Å². The molecule has 4 nitrogen and oxygen atoms in total. The minimum absolute atomic E-state index is 0.0621. The standard InChI is InChI=1S/C18H20ClN3O/c1-12-4-3-5-16(13(12)2)17(22-18-21-6-7-23-18)9-14-8-15(19)11-20-10-14/h3-5,8,10-11,17H,6-7,9H2,1-2H3,(H,21,22). The molecule has 0 amide bonds. The van der Waals surface area contributed by atoms with Gasteiger partial charge in [0, 0.05) is 12.4 Å². The zero-order valence-electron chi connectivity index (χ0n) is 13.3. The fourth-order valence-electron chi connectivity index (χ4n) is 2.76. The number of hydrogen-bond acceptors (Lipinski definition) is 4. The Morgan fingerprint density at radius 3 is 2.91 bits per heavy atom. The molecule has 1 aliphatic rings. The lowest BCUT2D eigenvalue weighted by molar-refractivity contribution is 0.325. The maximum absolute atomic E-state index is 6.07. The molecular weight excluding hydrogens is 310 g/mol. The number of halogens is 1. The summed E-state index contributed by atoms with van der Waals surface area (Å²) < 4.78 is 5.53. The second-order valence-electron chi connectivity index (χ2n) is 5.74. The molecule has 0 radical (unpaired) electrons. The Kier molecular flexibility index (Phi) is 4.82. The van der Waals surface area contributed by atoms with Crippen molar-refractivity contribution < 1.29 is 4.74 Å². The number of pyridine rings is 1. The maximum Gasteiger partial charge on any atom is 0.285 e. The van der Waals surface area contributed by atoms with E-state index in [0.717, 1.165) is 12.0 Å². The van der Waals surface area contributed by atoms with Gasteiger partial charge in [-0.3, -0.25) is 4.98 Å². The number of aromatic nitrogens is 1. The Morgan fingerprint density at radius 1 is 1.30 bits per heavy atom. The number of nitrogens with zero attached hydrogens (tertiary/aromatic N) is 2. The first-order valence-corrected chi connectivity index (χ1v) is 8.10. The van der Waals surface area contributed by atoms with E-state index in [2.05, 4.69) is 47.3 Å². The van der Waals surface area contributed by atoms with Gasteiger partial charge in [-0.05, 0) is 48.6 Å². The summed E-state index contributed by atoms with van der Waals surface area (Å²) in [4.78, 5) is 8.54. The second kappa shape index (κ2) is 7.01. The van der Waals surface area contributed by atoms with Gasteiger partial charge in [-0.15, -0.1) is 0 Å². The van der Waals surface area contributed by atoms with E-state index >= 15 is 0 Å². The number of nitrogens with one attached hydrogen (secondary N) is 1. The van der Waals surface area contributed by atoms with E-state index in [9.17, 15) is 0 Å². The molecule has 1 N–H and O–H groups in total. The fraction of sp³-hybridized carbons (Fsp3) is 0.333. The highest BCUT2D eigenvalue weighted by molar-refractivity contribution is 6.30. The molecule has 0 fully saturated rings. The van der Waals surface area contributed by atoms with Gasteiger partial charge in [0.15, 0.2) is 0 Å². The van der Waals surface area contributed by atoms with E-state index in [0.29, 0.717) is 24.2 Å². The summed E-state index contributed by atoms with van der Waals surface area (Å²) in [6.07, 6.45) is 4.26. The number of aryl methyl sites for hydroxylation is 1. The van der Waals surface area contributed by atoms with Crippen molar-refractivity contribution in [3.05, 3.63) is 63.9 Å². The number of benzene rings is 1. The molecule has 2 heterocycles. The normalized spacial score (nSPS) is 15.0. The van der Waals surface area contributed by atoms with Crippen LogP contribution in [-0.4, -0.2) is 24.2 Å². The van der Waals surface area contributed by atoms with Crippen molar-refractivity contribution in [1.82, 2.24) is 10.3 Å². The van der Waals surface area contributed by atoms with Crippen LogP contribution in [0, 0.1) is 13.8 Å². The lowest BCUT2D eigenvalue weighted by Gasteiger charge is -2.22. The summed E-state index contributed by atoms with van der Waals surface area (Å²) in [5.41, 5.74) is 4.86. The number of rotatable bonds is 4. The largest absolute Gasteiger partial charge is 0.463 e. The highest BCUT2D eigenvalue weighted by Crippen LogP contribution is 2.25. The summed E-state index contributed by atoms with van der Waals surface area (Å²) in [7, 11) is 0. The van der Waals surface area contributed by atoms with Crippen LogP contribution < -0.4 is 5.32 Å². The van der Waals surface area contributed by atoms with Crippen molar-refractivity contribution >= 4 is 17.6 Å². The highest BCUT2D eigenvalue weighted by atomic mass is 35.5. The maximum atomic E-state index is 6.07. The van der Waals surface area contributed by atoms with Gasteiger partial charge < -0.3 is 10.1 Å². The van der Waals surface area contributed by atoms with Crippen molar-refractivity contribution in [3.8, 4) is 0 Å². The molecule has 5 heteroatoms. The minimum atomic E-state index is 0.0621. The van der Waals surface area contributed by atoms with Crippen molar-refractivity contribution in [3.63, 3.8) is 0 Å². The Labute approximate surface area is 141 Å². The molecule has 23 heavy (non-hydrogen) atoms. The smallest absolute Gasteiger partial charge is 0.285 e. The summed E-state index contributed by atoms with van der Waals surface area (Å²) >= 11 is 6.07. The Balaban J connectivity index is 1.91. The first-order valence-electron chi connectivity index (χ1n) is 7.73. The molecule has 1 unspecified atom stereocenters. The van der Waals surface area contributed by atoms with Crippen LogP contribution in [0.5, 0.6) is 0 Å². The molecule has 120 valence electrons. The van der Waals surface area contributed by atoms with Crippen LogP contribution in [0.25, 0.3) is 0 Å². The topological polar surface area (TPSA) is 46.5 Å². The number of amidine groups is 1. The fourth-order valence-corrected chi connectivity index (χ4v) is 2.96. The van der Waals surface area contributed by atoms with Crippen molar-refractivity contribution in [1.29, 1.82) is 0 Å². The van der Waals surface area contributed by atoms with E-state index < -0.39 is 0 Å². The molecule has 0 spiro atoms. The summed E-state index contributed by atoms with van der Waals surface area (Å²) in [6, 6.07) is 8.98. The van der Waals surface area contributed by atoms with Gasteiger partial charge in [-0.2, -0.15) is 0 Å². The second-order valence-corrected chi connectivity index (χ2v) is 6.17. The molecule has 0 bridgehead atoms. The average Bonchev–Trinajstić information content (AvgIpc) is 3.02. The SMILES string of the molecule is Cc1cccc(C(Cc2cncc(Cl)c2)NC2=NCCO2)c1C. The van der Waals surface area contributed by atoms with Gasteiger partial charge in [0.1, 0.15) is 6.61 Å². The number of hydrogen-bond donors (Lipinski definition) is 1. The summed E-state index contributed by atoms with van der Waals surface area (Å²) in [5.74, 6) is 0. The van der Waals surface area contributed by atoms with Crippen molar-refractivity contribution in [2.75, 3.05) is 13.2 Å². The third-order valence-corrected chi connectivity index (χ3v) is 4.31. The van der Waals surface area contributed by atoms with Gasteiger partial charge in [0.2, 0.25) is 0 Å². The van der Waals surface area contributed by atoms with Crippen molar-refractivity contribution in [2.24, 2.45) is 4.99 Å². The molecular formula is C18H20ClN3O. The van der Waals surface area contributed by atoms with Gasteiger partial charge in [-0.25, -0.2) is 4.99 Å². The summed E-state index contributed by atoms with van der Waals surface area (Å²) in [5, 5.41) is 4.07. The highest BCUT2D eigenvalue weighted by Gasteiger charge is 2.19. The monoisotopic (exact) mass is 329 g/mol. The minimum Gasteiger partial charge on any atom is -0.463 e. The Hall–Kier alpha value is -2.07. The molecule has 1 aromatic heterocycles.